The highest BCUT2D eigenvalue weighted by molar-refractivity contribution is 6.06. The zero-order valence-electron chi connectivity index (χ0n) is 17.8. The molecule has 1 amide bonds. The van der Waals surface area contributed by atoms with Crippen LogP contribution in [0.2, 0.25) is 0 Å². The third kappa shape index (κ3) is 3.35. The molecule has 166 valence electrons. The fourth-order valence-corrected chi connectivity index (χ4v) is 6.64. The molecule has 3 aromatic rings. The van der Waals surface area contributed by atoms with Gasteiger partial charge in [-0.3, -0.25) is 4.79 Å². The quantitative estimate of drug-likeness (QED) is 0.489. The summed E-state index contributed by atoms with van der Waals surface area (Å²) in [6.45, 7) is 0.241. The van der Waals surface area contributed by atoms with Crippen molar-refractivity contribution in [3.8, 4) is 0 Å². The Kier molecular flexibility index (Phi) is 4.50. The molecule has 4 fully saturated rings. The van der Waals surface area contributed by atoms with E-state index in [4.69, 9.17) is 0 Å². The van der Waals surface area contributed by atoms with E-state index in [-0.39, 0.29) is 24.3 Å². The van der Waals surface area contributed by atoms with Gasteiger partial charge in [-0.1, -0.05) is 12.1 Å². The third-order valence-electron chi connectivity index (χ3n) is 7.73. The minimum Gasteiger partial charge on any atom is -0.390 e. The second kappa shape index (κ2) is 7.30. The van der Waals surface area contributed by atoms with Crippen LogP contribution in [0.15, 0.2) is 42.7 Å². The molecular formula is C25H27FN4O2. The molecule has 1 aromatic carbocycles. The highest BCUT2D eigenvalue weighted by atomic mass is 19.1. The fraction of sp³-hybridized carbons (Fsp3) is 0.440. The van der Waals surface area contributed by atoms with Gasteiger partial charge in [0.05, 0.1) is 16.9 Å². The van der Waals surface area contributed by atoms with E-state index in [1.54, 1.807) is 18.3 Å². The first-order valence-corrected chi connectivity index (χ1v) is 11.5. The van der Waals surface area contributed by atoms with Gasteiger partial charge in [0, 0.05) is 30.4 Å². The Morgan fingerprint density at radius 2 is 2.03 bits per heavy atom. The van der Waals surface area contributed by atoms with Crippen LogP contribution >= 0.6 is 0 Å². The van der Waals surface area contributed by atoms with Gasteiger partial charge in [-0.2, -0.15) is 0 Å². The van der Waals surface area contributed by atoms with E-state index in [1.165, 1.54) is 12.1 Å². The molecule has 0 aliphatic heterocycles. The number of hydrogen-bond donors (Lipinski definition) is 4. The molecule has 2 unspecified atom stereocenters. The lowest BCUT2D eigenvalue weighted by Crippen LogP contribution is -2.59. The van der Waals surface area contributed by atoms with Gasteiger partial charge in [-0.25, -0.2) is 9.37 Å². The maximum absolute atomic E-state index is 13.5. The van der Waals surface area contributed by atoms with Crippen LogP contribution in [0.5, 0.6) is 0 Å². The number of aromatic amines is 1. The van der Waals surface area contributed by atoms with Crippen molar-refractivity contribution in [3.63, 3.8) is 0 Å². The second-order valence-corrected chi connectivity index (χ2v) is 9.96. The molecule has 0 saturated heterocycles. The van der Waals surface area contributed by atoms with Crippen molar-refractivity contribution in [1.29, 1.82) is 0 Å². The molecule has 4 saturated carbocycles. The smallest absolute Gasteiger partial charge is 0.255 e. The van der Waals surface area contributed by atoms with Crippen LogP contribution in [-0.2, 0) is 6.54 Å². The third-order valence-corrected chi connectivity index (χ3v) is 7.73. The lowest BCUT2D eigenvalue weighted by molar-refractivity contribution is -0.129. The number of aliphatic hydroxyl groups is 1. The molecule has 32 heavy (non-hydrogen) atoms. The van der Waals surface area contributed by atoms with Crippen LogP contribution in [0, 0.1) is 23.6 Å². The molecule has 2 heterocycles. The van der Waals surface area contributed by atoms with Crippen LogP contribution in [0.3, 0.4) is 0 Å². The number of fused-ring (bicyclic) bond motifs is 1. The van der Waals surface area contributed by atoms with Crippen LogP contribution < -0.4 is 10.6 Å². The molecule has 2 atom stereocenters. The van der Waals surface area contributed by atoms with Crippen LogP contribution in [0.4, 0.5) is 10.1 Å². The minimum atomic E-state index is -0.499. The van der Waals surface area contributed by atoms with E-state index < -0.39 is 5.60 Å². The molecule has 4 aliphatic carbocycles. The predicted octanol–water partition coefficient (Wildman–Crippen LogP) is 3.98. The normalized spacial score (nSPS) is 30.6. The van der Waals surface area contributed by atoms with Gasteiger partial charge in [-0.05, 0) is 73.6 Å². The van der Waals surface area contributed by atoms with Gasteiger partial charge < -0.3 is 20.7 Å². The van der Waals surface area contributed by atoms with Crippen molar-refractivity contribution >= 4 is 22.6 Å². The van der Waals surface area contributed by atoms with E-state index in [0.29, 0.717) is 28.9 Å². The van der Waals surface area contributed by atoms with Crippen molar-refractivity contribution in [1.82, 2.24) is 15.3 Å². The van der Waals surface area contributed by atoms with E-state index >= 15 is 0 Å². The molecule has 2 aromatic heterocycles. The van der Waals surface area contributed by atoms with Gasteiger partial charge in [0.25, 0.3) is 5.91 Å². The Morgan fingerprint density at radius 1 is 1.22 bits per heavy atom. The summed E-state index contributed by atoms with van der Waals surface area (Å²) in [6.07, 6.45) is 8.32. The molecule has 4 N–H and O–H groups in total. The number of halogens is 1. The van der Waals surface area contributed by atoms with Crippen LogP contribution in [0.1, 0.15) is 48.0 Å². The van der Waals surface area contributed by atoms with E-state index in [2.05, 4.69) is 20.6 Å². The number of pyridine rings is 1. The molecular weight excluding hydrogens is 407 g/mol. The topological polar surface area (TPSA) is 90.0 Å². The van der Waals surface area contributed by atoms with Gasteiger partial charge in [0.2, 0.25) is 0 Å². The minimum absolute atomic E-state index is 0.238. The van der Waals surface area contributed by atoms with Gasteiger partial charge in [-0.15, -0.1) is 0 Å². The summed E-state index contributed by atoms with van der Waals surface area (Å²) in [5, 5.41) is 18.5. The van der Waals surface area contributed by atoms with E-state index in [9.17, 15) is 14.3 Å². The summed E-state index contributed by atoms with van der Waals surface area (Å²) in [6, 6.07) is 8.41. The molecule has 7 heteroatoms. The van der Waals surface area contributed by atoms with Crippen molar-refractivity contribution in [2.45, 2.75) is 50.3 Å². The number of nitrogens with one attached hydrogen (secondary N) is 3. The van der Waals surface area contributed by atoms with E-state index in [0.717, 1.165) is 48.8 Å². The number of amides is 1. The van der Waals surface area contributed by atoms with E-state index in [1.807, 2.05) is 12.3 Å². The number of rotatable bonds is 5. The van der Waals surface area contributed by atoms with Crippen LogP contribution in [0.25, 0.3) is 11.0 Å². The summed E-state index contributed by atoms with van der Waals surface area (Å²) in [5.41, 5.74) is 2.22. The van der Waals surface area contributed by atoms with Crippen molar-refractivity contribution < 1.29 is 14.3 Å². The number of anilines is 1. The monoisotopic (exact) mass is 434 g/mol. The van der Waals surface area contributed by atoms with Gasteiger partial charge >= 0.3 is 0 Å². The number of nitrogens with zero attached hydrogens (tertiary/aromatic N) is 1. The summed E-state index contributed by atoms with van der Waals surface area (Å²) in [5.74, 6) is 0.885. The largest absolute Gasteiger partial charge is 0.390 e. The zero-order valence-corrected chi connectivity index (χ0v) is 17.8. The van der Waals surface area contributed by atoms with Crippen LogP contribution in [-0.4, -0.2) is 32.6 Å². The average Bonchev–Trinajstić information content (AvgIpc) is 3.23. The van der Waals surface area contributed by atoms with Crippen molar-refractivity contribution in [3.05, 3.63) is 59.7 Å². The van der Waals surface area contributed by atoms with Gasteiger partial charge in [0.1, 0.15) is 11.5 Å². The molecule has 0 radical (unpaired) electrons. The summed E-state index contributed by atoms with van der Waals surface area (Å²) < 4.78 is 13.5. The number of hydrogen-bond acceptors (Lipinski definition) is 4. The zero-order chi connectivity index (χ0) is 21.9. The highest BCUT2D eigenvalue weighted by Crippen LogP contribution is 2.56. The molecule has 6 nitrogen and oxygen atoms in total. The molecule has 7 rings (SSSR count). The first-order chi connectivity index (χ1) is 15.5. The summed E-state index contributed by atoms with van der Waals surface area (Å²) >= 11 is 0. The SMILES string of the molecule is O=C(NCc1cccc(F)c1)c1cnc2[nH]ccc2c1NC1C2CC3CC1CC(O)(C3)C2. The molecule has 4 bridgehead atoms. The standard InChI is InChI=1S/C25H27FN4O2/c26-18-3-1-2-14(8-18)12-29-24(31)20-13-28-23-19(4-5-27-23)22(20)30-21-16-6-15-7-17(21)11-25(32,9-15)10-16/h1-5,8,13,15-17,21,32H,6-7,9-12H2,(H,29,31)(H2,27,28,30). The first-order valence-electron chi connectivity index (χ1n) is 11.5. The number of carbonyl (C=O) groups excluding carboxylic acids is 1. The maximum Gasteiger partial charge on any atom is 0.255 e. The fourth-order valence-electron chi connectivity index (χ4n) is 6.64. The highest BCUT2D eigenvalue weighted by Gasteiger charge is 2.54. The Bertz CT molecular complexity index is 1180. The number of benzene rings is 1. The predicted molar refractivity (Wildman–Crippen MR) is 120 cm³/mol. The number of carbonyl (C=O) groups is 1. The Balaban J connectivity index is 1.29. The second-order valence-electron chi connectivity index (χ2n) is 9.96. The summed E-state index contributed by atoms with van der Waals surface area (Å²) in [7, 11) is 0. The molecule has 0 spiro atoms. The molecule has 4 aliphatic rings. The number of aromatic nitrogens is 2. The number of H-pyrrole nitrogens is 1. The maximum atomic E-state index is 13.5. The Labute approximate surface area is 185 Å². The van der Waals surface area contributed by atoms with Gasteiger partial charge in [0.15, 0.2) is 0 Å². The van der Waals surface area contributed by atoms with Crippen molar-refractivity contribution in [2.24, 2.45) is 17.8 Å². The lowest BCUT2D eigenvalue weighted by atomic mass is 9.52. The lowest BCUT2D eigenvalue weighted by Gasteiger charge is -2.58. The Morgan fingerprint density at radius 3 is 2.78 bits per heavy atom. The first kappa shape index (κ1) is 19.7. The Hall–Kier alpha value is -2.93. The average molecular weight is 435 g/mol. The van der Waals surface area contributed by atoms with Crippen molar-refractivity contribution in [2.75, 3.05) is 5.32 Å². The summed E-state index contributed by atoms with van der Waals surface area (Å²) in [4.78, 5) is 20.7.